The molecule has 0 aromatic heterocycles. The highest BCUT2D eigenvalue weighted by atomic mass is 16.7. The third kappa shape index (κ3) is 4.41. The Morgan fingerprint density at radius 1 is 1.62 bits per heavy atom. The van der Waals surface area contributed by atoms with E-state index in [-0.39, 0.29) is 19.0 Å². The van der Waals surface area contributed by atoms with Crippen molar-refractivity contribution >= 4 is 0 Å². The number of aliphatic hydroxyl groups excluding tert-OH is 1. The van der Waals surface area contributed by atoms with Crippen molar-refractivity contribution in [1.29, 1.82) is 0 Å². The summed E-state index contributed by atoms with van der Waals surface area (Å²) >= 11 is 0. The van der Waals surface area contributed by atoms with Crippen LogP contribution in [0.2, 0.25) is 0 Å². The molecule has 0 bridgehead atoms. The lowest BCUT2D eigenvalue weighted by atomic mass is 10.2. The molecule has 0 aromatic carbocycles. The van der Waals surface area contributed by atoms with E-state index in [0.29, 0.717) is 0 Å². The summed E-state index contributed by atoms with van der Waals surface area (Å²) in [5.74, 6) is 0. The zero-order chi connectivity index (χ0) is 9.52. The van der Waals surface area contributed by atoms with Crippen LogP contribution in [-0.4, -0.2) is 30.7 Å². The first-order valence-corrected chi connectivity index (χ1v) is 4.87. The average molecular weight is 186 g/mol. The topological polar surface area (TPSA) is 38.7 Å². The van der Waals surface area contributed by atoms with Crippen molar-refractivity contribution in [3.63, 3.8) is 0 Å². The standard InChI is InChI=1S/C10H18O3/c1-9(5-4-7-11)13-10-6-2-3-8-12-10/h4-5,9-11H,2-3,6-8H2,1H3/t9-,10?/m0/s1. The highest BCUT2D eigenvalue weighted by molar-refractivity contribution is 4.87. The summed E-state index contributed by atoms with van der Waals surface area (Å²) in [4.78, 5) is 0. The zero-order valence-electron chi connectivity index (χ0n) is 8.11. The molecule has 0 saturated carbocycles. The second-order valence-corrected chi connectivity index (χ2v) is 3.25. The van der Waals surface area contributed by atoms with E-state index in [1.807, 2.05) is 13.0 Å². The predicted octanol–water partition coefficient (Wildman–Crippen LogP) is 1.47. The van der Waals surface area contributed by atoms with Gasteiger partial charge in [0.1, 0.15) is 0 Å². The number of ether oxygens (including phenoxy) is 2. The molecular formula is C10H18O3. The fourth-order valence-corrected chi connectivity index (χ4v) is 1.36. The first-order chi connectivity index (χ1) is 6.33. The van der Waals surface area contributed by atoms with Gasteiger partial charge >= 0.3 is 0 Å². The van der Waals surface area contributed by atoms with Crippen molar-refractivity contribution in [2.45, 2.75) is 38.6 Å². The molecule has 1 aliphatic rings. The highest BCUT2D eigenvalue weighted by Gasteiger charge is 2.15. The molecule has 3 nitrogen and oxygen atoms in total. The van der Waals surface area contributed by atoms with Crippen LogP contribution in [0.5, 0.6) is 0 Å². The van der Waals surface area contributed by atoms with E-state index in [9.17, 15) is 0 Å². The molecule has 0 aliphatic carbocycles. The molecule has 0 spiro atoms. The van der Waals surface area contributed by atoms with E-state index in [4.69, 9.17) is 14.6 Å². The zero-order valence-corrected chi connectivity index (χ0v) is 8.11. The van der Waals surface area contributed by atoms with Crippen LogP contribution in [0.3, 0.4) is 0 Å². The Kier molecular flexibility index (Phi) is 5.05. The molecule has 1 N–H and O–H groups in total. The molecule has 1 rings (SSSR count). The molecule has 76 valence electrons. The van der Waals surface area contributed by atoms with E-state index in [2.05, 4.69) is 0 Å². The molecule has 1 aliphatic heterocycles. The average Bonchev–Trinajstić information content (AvgIpc) is 2.16. The predicted molar refractivity (Wildman–Crippen MR) is 50.4 cm³/mol. The Labute approximate surface area is 79.3 Å². The molecule has 13 heavy (non-hydrogen) atoms. The number of rotatable bonds is 4. The molecule has 1 heterocycles. The van der Waals surface area contributed by atoms with Crippen molar-refractivity contribution in [1.82, 2.24) is 0 Å². The summed E-state index contributed by atoms with van der Waals surface area (Å²) in [6.45, 7) is 2.82. The number of aliphatic hydroxyl groups is 1. The maximum atomic E-state index is 8.55. The SMILES string of the molecule is C[C@@H](C=CCO)OC1CCCCO1. The van der Waals surface area contributed by atoms with Crippen molar-refractivity contribution in [3.8, 4) is 0 Å². The highest BCUT2D eigenvalue weighted by Crippen LogP contribution is 2.15. The maximum absolute atomic E-state index is 8.55. The first-order valence-electron chi connectivity index (χ1n) is 4.87. The van der Waals surface area contributed by atoms with Crippen LogP contribution in [0.4, 0.5) is 0 Å². The van der Waals surface area contributed by atoms with Crippen LogP contribution in [0.15, 0.2) is 12.2 Å². The molecule has 1 unspecified atom stereocenters. The smallest absolute Gasteiger partial charge is 0.158 e. The van der Waals surface area contributed by atoms with Crippen LogP contribution >= 0.6 is 0 Å². The van der Waals surface area contributed by atoms with Crippen molar-refractivity contribution in [2.24, 2.45) is 0 Å². The first kappa shape index (κ1) is 10.7. The summed E-state index contributed by atoms with van der Waals surface area (Å²) < 4.78 is 11.0. The van der Waals surface area contributed by atoms with Crippen LogP contribution in [0.25, 0.3) is 0 Å². The Morgan fingerprint density at radius 3 is 3.08 bits per heavy atom. The second-order valence-electron chi connectivity index (χ2n) is 3.25. The van der Waals surface area contributed by atoms with Gasteiger partial charge in [0.2, 0.25) is 0 Å². The van der Waals surface area contributed by atoms with Gasteiger partial charge in [-0.2, -0.15) is 0 Å². The molecule has 1 saturated heterocycles. The molecule has 3 heteroatoms. The van der Waals surface area contributed by atoms with Crippen LogP contribution in [0, 0.1) is 0 Å². The largest absolute Gasteiger partial charge is 0.392 e. The molecule has 1 fully saturated rings. The molecule has 2 atom stereocenters. The molecule has 0 amide bonds. The van der Waals surface area contributed by atoms with Crippen molar-refractivity contribution in [2.75, 3.05) is 13.2 Å². The van der Waals surface area contributed by atoms with Gasteiger partial charge in [0.15, 0.2) is 6.29 Å². The van der Waals surface area contributed by atoms with E-state index in [0.717, 1.165) is 19.4 Å². The van der Waals surface area contributed by atoms with Gasteiger partial charge in [-0.1, -0.05) is 12.2 Å². The van der Waals surface area contributed by atoms with Gasteiger partial charge in [-0.3, -0.25) is 0 Å². The lowest BCUT2D eigenvalue weighted by Crippen LogP contribution is -2.25. The quantitative estimate of drug-likeness (QED) is 0.676. The van der Waals surface area contributed by atoms with E-state index in [1.54, 1.807) is 6.08 Å². The lowest BCUT2D eigenvalue weighted by molar-refractivity contribution is -0.175. The van der Waals surface area contributed by atoms with Gasteiger partial charge in [-0.05, 0) is 26.2 Å². The molecular weight excluding hydrogens is 168 g/mol. The summed E-state index contributed by atoms with van der Waals surface area (Å²) in [7, 11) is 0. The Hall–Kier alpha value is -0.380. The van der Waals surface area contributed by atoms with Gasteiger partial charge in [0, 0.05) is 6.61 Å². The summed E-state index contributed by atoms with van der Waals surface area (Å²) in [5, 5.41) is 8.55. The number of hydrogen-bond acceptors (Lipinski definition) is 3. The van der Waals surface area contributed by atoms with Gasteiger partial charge in [-0.25, -0.2) is 0 Å². The van der Waals surface area contributed by atoms with Crippen LogP contribution in [0.1, 0.15) is 26.2 Å². The van der Waals surface area contributed by atoms with Gasteiger partial charge < -0.3 is 14.6 Å². The van der Waals surface area contributed by atoms with Gasteiger partial charge in [0.25, 0.3) is 0 Å². The summed E-state index contributed by atoms with van der Waals surface area (Å²) in [5.41, 5.74) is 0. The molecule has 0 aromatic rings. The van der Waals surface area contributed by atoms with Crippen molar-refractivity contribution < 1.29 is 14.6 Å². The Bertz CT molecular complexity index is 150. The van der Waals surface area contributed by atoms with E-state index >= 15 is 0 Å². The second kappa shape index (κ2) is 6.13. The van der Waals surface area contributed by atoms with Crippen LogP contribution in [-0.2, 0) is 9.47 Å². The summed E-state index contributed by atoms with van der Waals surface area (Å²) in [6, 6.07) is 0. The van der Waals surface area contributed by atoms with E-state index < -0.39 is 0 Å². The lowest BCUT2D eigenvalue weighted by Gasteiger charge is -2.24. The maximum Gasteiger partial charge on any atom is 0.158 e. The van der Waals surface area contributed by atoms with Gasteiger partial charge in [-0.15, -0.1) is 0 Å². The van der Waals surface area contributed by atoms with Crippen molar-refractivity contribution in [3.05, 3.63) is 12.2 Å². The molecule has 0 radical (unpaired) electrons. The van der Waals surface area contributed by atoms with Gasteiger partial charge in [0.05, 0.1) is 12.7 Å². The third-order valence-corrected chi connectivity index (χ3v) is 2.02. The Balaban J connectivity index is 2.18. The minimum atomic E-state index is -0.0490. The monoisotopic (exact) mass is 186 g/mol. The third-order valence-electron chi connectivity index (χ3n) is 2.02. The number of hydrogen-bond donors (Lipinski definition) is 1. The summed E-state index contributed by atoms with van der Waals surface area (Å²) in [6.07, 6.45) is 6.81. The Morgan fingerprint density at radius 2 is 2.46 bits per heavy atom. The minimum Gasteiger partial charge on any atom is -0.392 e. The van der Waals surface area contributed by atoms with E-state index in [1.165, 1.54) is 6.42 Å². The fraction of sp³-hybridized carbons (Fsp3) is 0.800. The van der Waals surface area contributed by atoms with Crippen LogP contribution < -0.4 is 0 Å². The fourth-order valence-electron chi connectivity index (χ4n) is 1.36. The normalized spacial score (nSPS) is 26.5. The minimum absolute atomic E-state index is 0.0234.